The average Bonchev–Trinajstić information content (AvgIpc) is 2.44. The highest BCUT2D eigenvalue weighted by atomic mass is 19.2. The third-order valence-electron chi connectivity index (χ3n) is 2.74. The van der Waals surface area contributed by atoms with Gasteiger partial charge >= 0.3 is 0 Å². The zero-order valence-corrected chi connectivity index (χ0v) is 10.9. The third-order valence-corrected chi connectivity index (χ3v) is 2.74. The third kappa shape index (κ3) is 3.23. The molecule has 0 aliphatic heterocycles. The lowest BCUT2D eigenvalue weighted by Gasteiger charge is -2.12. The van der Waals surface area contributed by atoms with Crippen molar-refractivity contribution >= 4 is 5.69 Å². The van der Waals surface area contributed by atoms with Gasteiger partial charge in [-0.3, -0.25) is 0 Å². The number of hydrogen-bond acceptors (Lipinski definition) is 2. The van der Waals surface area contributed by atoms with Crippen LogP contribution in [0.15, 0.2) is 36.4 Å². The Bertz CT molecular complexity index is 578. The Morgan fingerprint density at radius 2 is 1.70 bits per heavy atom. The van der Waals surface area contributed by atoms with Gasteiger partial charge in [0.25, 0.3) is 0 Å². The monoisotopic (exact) mass is 281 g/mol. The van der Waals surface area contributed by atoms with Crippen LogP contribution in [0.25, 0.3) is 0 Å². The van der Waals surface area contributed by atoms with Gasteiger partial charge in [0.2, 0.25) is 0 Å². The van der Waals surface area contributed by atoms with Crippen LogP contribution in [-0.2, 0) is 6.54 Å². The standard InChI is InChI=1S/C15H14F3NO/c1-2-20-14-6-4-3-5-10(14)9-19-11-7-12(16)15(18)13(17)8-11/h3-8,19H,2,9H2,1H3. The predicted octanol–water partition coefficient (Wildman–Crippen LogP) is 4.11. The van der Waals surface area contributed by atoms with Gasteiger partial charge in [-0.15, -0.1) is 0 Å². The molecule has 2 aromatic rings. The molecule has 0 atom stereocenters. The zero-order valence-electron chi connectivity index (χ0n) is 10.9. The lowest BCUT2D eigenvalue weighted by Crippen LogP contribution is -2.04. The van der Waals surface area contributed by atoms with E-state index in [1.54, 1.807) is 0 Å². The van der Waals surface area contributed by atoms with Crippen molar-refractivity contribution < 1.29 is 17.9 Å². The summed E-state index contributed by atoms with van der Waals surface area (Å²) in [5.41, 5.74) is 1.02. The fraction of sp³-hybridized carbons (Fsp3) is 0.200. The highest BCUT2D eigenvalue weighted by Crippen LogP contribution is 2.21. The molecule has 0 saturated carbocycles. The van der Waals surface area contributed by atoms with Crippen LogP contribution in [0, 0.1) is 17.5 Å². The number of hydrogen-bond donors (Lipinski definition) is 1. The Morgan fingerprint density at radius 1 is 1.05 bits per heavy atom. The number of ether oxygens (including phenoxy) is 1. The van der Waals surface area contributed by atoms with Gasteiger partial charge in [-0.1, -0.05) is 18.2 Å². The molecular formula is C15H14F3NO. The molecule has 0 spiro atoms. The molecule has 1 N–H and O–H groups in total. The molecule has 0 aliphatic carbocycles. The zero-order chi connectivity index (χ0) is 14.5. The summed E-state index contributed by atoms with van der Waals surface area (Å²) in [7, 11) is 0. The fourth-order valence-electron chi connectivity index (χ4n) is 1.80. The fourth-order valence-corrected chi connectivity index (χ4v) is 1.80. The molecule has 5 heteroatoms. The van der Waals surface area contributed by atoms with Gasteiger partial charge in [-0.2, -0.15) is 0 Å². The summed E-state index contributed by atoms with van der Waals surface area (Å²) in [6, 6.07) is 9.17. The van der Waals surface area contributed by atoms with Crippen molar-refractivity contribution in [1.29, 1.82) is 0 Å². The second-order valence-electron chi connectivity index (χ2n) is 4.15. The maximum absolute atomic E-state index is 13.1. The van der Waals surface area contributed by atoms with E-state index in [0.29, 0.717) is 18.9 Å². The van der Waals surface area contributed by atoms with Crippen molar-refractivity contribution in [3.63, 3.8) is 0 Å². The van der Waals surface area contributed by atoms with Gasteiger partial charge in [0.1, 0.15) is 5.75 Å². The number of nitrogens with one attached hydrogen (secondary N) is 1. The summed E-state index contributed by atoms with van der Waals surface area (Å²) in [5.74, 6) is -3.20. The van der Waals surface area contributed by atoms with Gasteiger partial charge in [0.15, 0.2) is 17.5 Å². The number of halogens is 3. The van der Waals surface area contributed by atoms with Gasteiger partial charge in [0.05, 0.1) is 6.61 Å². The Morgan fingerprint density at radius 3 is 2.35 bits per heavy atom. The minimum absolute atomic E-state index is 0.174. The van der Waals surface area contributed by atoms with Crippen LogP contribution in [0.1, 0.15) is 12.5 Å². The Kier molecular flexibility index (Phi) is 4.50. The van der Waals surface area contributed by atoms with Crippen LogP contribution in [0.4, 0.5) is 18.9 Å². The van der Waals surface area contributed by atoms with Crippen molar-refractivity contribution in [2.75, 3.05) is 11.9 Å². The van der Waals surface area contributed by atoms with E-state index in [2.05, 4.69) is 5.32 Å². The van der Waals surface area contributed by atoms with Crippen molar-refractivity contribution in [2.24, 2.45) is 0 Å². The summed E-state index contributed by atoms with van der Waals surface area (Å²) in [4.78, 5) is 0. The van der Waals surface area contributed by atoms with Gasteiger partial charge in [-0.25, -0.2) is 13.2 Å². The van der Waals surface area contributed by atoms with Crippen LogP contribution < -0.4 is 10.1 Å². The largest absolute Gasteiger partial charge is 0.494 e. The number of rotatable bonds is 5. The summed E-state index contributed by atoms with van der Waals surface area (Å²) in [5, 5.41) is 2.84. The van der Waals surface area contributed by atoms with Crippen molar-refractivity contribution in [2.45, 2.75) is 13.5 Å². The van der Waals surface area contributed by atoms with Gasteiger partial charge in [0, 0.05) is 29.9 Å². The summed E-state index contributed by atoms with van der Waals surface area (Å²) >= 11 is 0. The first-order chi connectivity index (χ1) is 9.61. The SMILES string of the molecule is CCOc1ccccc1CNc1cc(F)c(F)c(F)c1. The number of para-hydroxylation sites is 1. The Hall–Kier alpha value is -2.17. The van der Waals surface area contributed by atoms with Gasteiger partial charge in [-0.05, 0) is 13.0 Å². The molecule has 0 bridgehead atoms. The maximum Gasteiger partial charge on any atom is 0.194 e. The molecule has 0 saturated heterocycles. The van der Waals surface area contributed by atoms with E-state index in [1.807, 2.05) is 31.2 Å². The second-order valence-corrected chi connectivity index (χ2v) is 4.15. The molecule has 0 unspecified atom stereocenters. The van der Waals surface area contributed by atoms with E-state index in [1.165, 1.54) is 0 Å². The van der Waals surface area contributed by atoms with E-state index in [0.717, 1.165) is 17.7 Å². The molecule has 2 aromatic carbocycles. The molecule has 0 fully saturated rings. The smallest absolute Gasteiger partial charge is 0.194 e. The lowest BCUT2D eigenvalue weighted by molar-refractivity contribution is 0.337. The summed E-state index contributed by atoms with van der Waals surface area (Å²) in [6.45, 7) is 2.71. The first-order valence-corrected chi connectivity index (χ1v) is 6.21. The van der Waals surface area contributed by atoms with Crippen molar-refractivity contribution in [1.82, 2.24) is 0 Å². The van der Waals surface area contributed by atoms with E-state index in [-0.39, 0.29) is 5.69 Å². The molecule has 0 aliphatic rings. The van der Waals surface area contributed by atoms with Crippen molar-refractivity contribution in [3.8, 4) is 5.75 Å². The molecule has 0 radical (unpaired) electrons. The molecule has 0 amide bonds. The van der Waals surface area contributed by atoms with Crippen LogP contribution in [0.3, 0.4) is 0 Å². The molecule has 106 valence electrons. The predicted molar refractivity (Wildman–Crippen MR) is 71.3 cm³/mol. The summed E-state index contributed by atoms with van der Waals surface area (Å²) < 4.78 is 44.5. The first kappa shape index (κ1) is 14.2. The van der Waals surface area contributed by atoms with Crippen LogP contribution in [0.2, 0.25) is 0 Å². The molecule has 20 heavy (non-hydrogen) atoms. The van der Waals surface area contributed by atoms with Crippen molar-refractivity contribution in [3.05, 3.63) is 59.4 Å². The second kappa shape index (κ2) is 6.32. The quantitative estimate of drug-likeness (QED) is 0.833. The normalized spacial score (nSPS) is 10.4. The van der Waals surface area contributed by atoms with E-state index in [9.17, 15) is 13.2 Å². The van der Waals surface area contributed by atoms with E-state index >= 15 is 0 Å². The van der Waals surface area contributed by atoms with E-state index in [4.69, 9.17) is 4.74 Å². The molecule has 2 rings (SSSR count). The minimum Gasteiger partial charge on any atom is -0.494 e. The minimum atomic E-state index is -1.47. The lowest BCUT2D eigenvalue weighted by atomic mass is 10.2. The van der Waals surface area contributed by atoms with Gasteiger partial charge < -0.3 is 10.1 Å². The molecule has 0 heterocycles. The highest BCUT2D eigenvalue weighted by Gasteiger charge is 2.10. The average molecular weight is 281 g/mol. The van der Waals surface area contributed by atoms with Crippen LogP contribution >= 0.6 is 0 Å². The molecular weight excluding hydrogens is 267 g/mol. The Labute approximate surface area is 115 Å². The number of anilines is 1. The number of benzene rings is 2. The maximum atomic E-state index is 13.1. The Balaban J connectivity index is 2.13. The summed E-state index contributed by atoms with van der Waals surface area (Å²) in [6.07, 6.45) is 0. The van der Waals surface area contributed by atoms with E-state index < -0.39 is 17.5 Å². The molecule has 0 aromatic heterocycles. The topological polar surface area (TPSA) is 21.3 Å². The van der Waals surface area contributed by atoms with Crippen LogP contribution in [-0.4, -0.2) is 6.61 Å². The molecule has 2 nitrogen and oxygen atoms in total. The van der Waals surface area contributed by atoms with Crippen LogP contribution in [0.5, 0.6) is 5.75 Å². The highest BCUT2D eigenvalue weighted by molar-refractivity contribution is 5.46. The first-order valence-electron chi connectivity index (χ1n) is 6.21.